The Morgan fingerprint density at radius 1 is 1.00 bits per heavy atom. The highest BCUT2D eigenvalue weighted by Crippen LogP contribution is 2.34. The van der Waals surface area contributed by atoms with E-state index >= 15 is 0 Å². The molecule has 0 N–H and O–H groups in total. The molecule has 1 fully saturated rings. The van der Waals surface area contributed by atoms with Crippen LogP contribution in [-0.2, 0) is 4.79 Å². The van der Waals surface area contributed by atoms with Crippen LogP contribution in [0.25, 0.3) is 16.9 Å². The van der Waals surface area contributed by atoms with Gasteiger partial charge in [-0.2, -0.15) is 5.10 Å². The first-order valence-corrected chi connectivity index (χ1v) is 9.47. The van der Waals surface area contributed by atoms with E-state index in [4.69, 9.17) is 9.84 Å². The van der Waals surface area contributed by atoms with Crippen molar-refractivity contribution in [2.24, 2.45) is 0 Å². The molecule has 0 unspecified atom stereocenters. The van der Waals surface area contributed by atoms with Crippen molar-refractivity contribution in [1.29, 1.82) is 0 Å². The zero-order chi connectivity index (χ0) is 18.8. The molecular weight excluding hydrogens is 336 g/mol. The number of hydrogen-bond acceptors (Lipinski definition) is 3. The quantitative estimate of drug-likeness (QED) is 0.651. The van der Waals surface area contributed by atoms with Crippen LogP contribution in [-0.4, -0.2) is 22.7 Å². The van der Waals surface area contributed by atoms with Crippen molar-refractivity contribution in [3.8, 4) is 22.7 Å². The van der Waals surface area contributed by atoms with Crippen molar-refractivity contribution in [1.82, 2.24) is 9.78 Å². The summed E-state index contributed by atoms with van der Waals surface area (Å²) < 4.78 is 7.29. The molecule has 0 bridgehead atoms. The van der Waals surface area contributed by atoms with Gasteiger partial charge in [0.15, 0.2) is 0 Å². The molecule has 0 aliphatic heterocycles. The van der Waals surface area contributed by atoms with Crippen LogP contribution in [0.5, 0.6) is 5.75 Å². The van der Waals surface area contributed by atoms with E-state index in [1.165, 1.54) is 5.56 Å². The summed E-state index contributed by atoms with van der Waals surface area (Å²) in [5.41, 5.74) is 5.54. The number of carbonyl (C=O) groups is 1. The van der Waals surface area contributed by atoms with Crippen LogP contribution < -0.4 is 4.74 Å². The molecular formula is C23H24N2O2. The lowest BCUT2D eigenvalue weighted by Gasteiger charge is -2.18. The lowest BCUT2D eigenvalue weighted by molar-refractivity contribution is -0.120. The molecule has 2 aromatic carbocycles. The minimum Gasteiger partial charge on any atom is -0.497 e. The Labute approximate surface area is 159 Å². The fourth-order valence-electron chi connectivity index (χ4n) is 3.68. The molecule has 0 atom stereocenters. The highest BCUT2D eigenvalue weighted by Gasteiger charge is 2.24. The van der Waals surface area contributed by atoms with Crippen LogP contribution in [0.2, 0.25) is 0 Å². The normalized spacial score (nSPS) is 15.1. The van der Waals surface area contributed by atoms with Gasteiger partial charge < -0.3 is 4.74 Å². The van der Waals surface area contributed by atoms with E-state index < -0.39 is 0 Å². The summed E-state index contributed by atoms with van der Waals surface area (Å²) in [6.07, 6.45) is 3.12. The minimum absolute atomic E-state index is 0.353. The lowest BCUT2D eigenvalue weighted by atomic mass is 9.86. The Morgan fingerprint density at radius 2 is 1.67 bits per heavy atom. The predicted octanol–water partition coefficient (Wildman–Crippen LogP) is 5.08. The Kier molecular flexibility index (Phi) is 4.80. The SMILES string of the molecule is COc1ccc(-n2nc(C3CCC(=O)CC3)cc2-c2ccc(C)cc2)cc1. The number of Topliss-reactive ketones (excluding diaryl/α,β-unsaturated/α-hetero) is 1. The van der Waals surface area contributed by atoms with E-state index in [0.29, 0.717) is 24.5 Å². The number of nitrogens with zero attached hydrogens (tertiary/aromatic N) is 2. The second-order valence-corrected chi connectivity index (χ2v) is 7.24. The zero-order valence-corrected chi connectivity index (χ0v) is 15.8. The van der Waals surface area contributed by atoms with Crippen molar-refractivity contribution in [2.75, 3.05) is 7.11 Å². The van der Waals surface area contributed by atoms with E-state index in [2.05, 4.69) is 37.3 Å². The first-order chi connectivity index (χ1) is 13.1. The van der Waals surface area contributed by atoms with Crippen molar-refractivity contribution >= 4 is 5.78 Å². The van der Waals surface area contributed by atoms with E-state index in [1.807, 2.05) is 28.9 Å². The van der Waals surface area contributed by atoms with Crippen LogP contribution in [0, 0.1) is 6.92 Å². The van der Waals surface area contributed by atoms with Crippen LogP contribution >= 0.6 is 0 Å². The van der Waals surface area contributed by atoms with Gasteiger partial charge in [-0.15, -0.1) is 0 Å². The maximum atomic E-state index is 11.6. The fraction of sp³-hybridized carbons (Fsp3) is 0.304. The molecule has 138 valence electrons. The Balaban J connectivity index is 1.76. The fourth-order valence-corrected chi connectivity index (χ4v) is 3.68. The summed E-state index contributed by atoms with van der Waals surface area (Å²) in [5.74, 6) is 1.56. The van der Waals surface area contributed by atoms with E-state index in [9.17, 15) is 4.79 Å². The van der Waals surface area contributed by atoms with Crippen LogP contribution in [0.4, 0.5) is 0 Å². The average molecular weight is 360 g/mol. The molecule has 27 heavy (non-hydrogen) atoms. The van der Waals surface area contributed by atoms with Gasteiger partial charge in [-0.05, 0) is 50.1 Å². The lowest BCUT2D eigenvalue weighted by Crippen LogP contribution is -2.13. The number of aryl methyl sites for hydroxylation is 1. The highest BCUT2D eigenvalue weighted by atomic mass is 16.5. The van der Waals surface area contributed by atoms with E-state index in [1.54, 1.807) is 7.11 Å². The summed E-state index contributed by atoms with van der Waals surface area (Å²) in [6.45, 7) is 2.09. The zero-order valence-electron chi connectivity index (χ0n) is 15.8. The number of ether oxygens (including phenoxy) is 1. The van der Waals surface area contributed by atoms with Gasteiger partial charge in [-0.25, -0.2) is 4.68 Å². The third-order valence-electron chi connectivity index (χ3n) is 5.35. The smallest absolute Gasteiger partial charge is 0.132 e. The molecule has 1 heterocycles. The first kappa shape index (κ1) is 17.5. The number of aromatic nitrogens is 2. The van der Waals surface area contributed by atoms with Gasteiger partial charge in [0.25, 0.3) is 0 Å². The van der Waals surface area contributed by atoms with Gasteiger partial charge in [-0.1, -0.05) is 29.8 Å². The highest BCUT2D eigenvalue weighted by molar-refractivity contribution is 5.79. The molecule has 4 nitrogen and oxygen atoms in total. The van der Waals surface area contributed by atoms with Gasteiger partial charge in [0.1, 0.15) is 11.5 Å². The maximum Gasteiger partial charge on any atom is 0.132 e. The monoisotopic (exact) mass is 360 g/mol. The van der Waals surface area contributed by atoms with Gasteiger partial charge in [0.2, 0.25) is 0 Å². The topological polar surface area (TPSA) is 44.1 Å². The maximum absolute atomic E-state index is 11.6. The molecule has 0 amide bonds. The number of hydrogen-bond donors (Lipinski definition) is 0. The summed E-state index contributed by atoms with van der Waals surface area (Å²) in [7, 11) is 1.67. The molecule has 0 radical (unpaired) electrons. The molecule has 4 heteroatoms. The third-order valence-corrected chi connectivity index (χ3v) is 5.35. The summed E-state index contributed by atoms with van der Waals surface area (Å²) in [4.78, 5) is 11.6. The Morgan fingerprint density at radius 3 is 2.30 bits per heavy atom. The minimum atomic E-state index is 0.353. The molecule has 0 spiro atoms. The molecule has 4 rings (SSSR count). The van der Waals surface area contributed by atoms with Gasteiger partial charge in [0.05, 0.1) is 24.2 Å². The van der Waals surface area contributed by atoms with E-state index in [0.717, 1.165) is 41.2 Å². The molecule has 3 aromatic rings. The van der Waals surface area contributed by atoms with Crippen LogP contribution in [0.15, 0.2) is 54.6 Å². The number of benzene rings is 2. The molecule has 1 aliphatic rings. The predicted molar refractivity (Wildman–Crippen MR) is 107 cm³/mol. The van der Waals surface area contributed by atoms with Crippen molar-refractivity contribution in [3.05, 3.63) is 65.9 Å². The van der Waals surface area contributed by atoms with Gasteiger partial charge in [-0.3, -0.25) is 4.79 Å². The third kappa shape index (κ3) is 3.65. The molecule has 1 aliphatic carbocycles. The van der Waals surface area contributed by atoms with Crippen LogP contribution in [0.3, 0.4) is 0 Å². The van der Waals surface area contributed by atoms with Crippen molar-refractivity contribution < 1.29 is 9.53 Å². The summed E-state index contributed by atoms with van der Waals surface area (Å²) in [5, 5.41) is 4.95. The number of methoxy groups -OCH3 is 1. The summed E-state index contributed by atoms with van der Waals surface area (Å²) in [6, 6.07) is 18.7. The second kappa shape index (κ2) is 7.39. The largest absolute Gasteiger partial charge is 0.497 e. The standard InChI is InChI=1S/C23H24N2O2/c1-16-3-5-18(6-4-16)23-15-22(17-7-11-20(26)12-8-17)24-25(23)19-9-13-21(27-2)14-10-19/h3-6,9-10,13-15,17H,7-8,11-12H2,1-2H3. The Hall–Kier alpha value is -2.88. The van der Waals surface area contributed by atoms with Crippen LogP contribution in [0.1, 0.15) is 42.9 Å². The molecule has 1 saturated carbocycles. The number of ketones is 1. The average Bonchev–Trinajstić information content (AvgIpc) is 3.14. The van der Waals surface area contributed by atoms with Crippen molar-refractivity contribution in [2.45, 2.75) is 38.5 Å². The Bertz CT molecular complexity index is 930. The number of carbonyl (C=O) groups excluding carboxylic acids is 1. The first-order valence-electron chi connectivity index (χ1n) is 9.47. The van der Waals surface area contributed by atoms with Crippen molar-refractivity contribution in [3.63, 3.8) is 0 Å². The number of rotatable bonds is 4. The second-order valence-electron chi connectivity index (χ2n) is 7.24. The van der Waals surface area contributed by atoms with E-state index in [-0.39, 0.29) is 0 Å². The molecule has 0 saturated heterocycles. The van der Waals surface area contributed by atoms with Gasteiger partial charge >= 0.3 is 0 Å². The summed E-state index contributed by atoms with van der Waals surface area (Å²) >= 11 is 0. The van der Waals surface area contributed by atoms with Gasteiger partial charge in [0, 0.05) is 24.3 Å². The molecule has 1 aromatic heterocycles.